The van der Waals surface area contributed by atoms with E-state index in [0.717, 1.165) is 31.6 Å². The van der Waals surface area contributed by atoms with E-state index in [1.165, 1.54) is 12.1 Å². The van der Waals surface area contributed by atoms with Crippen molar-refractivity contribution in [3.8, 4) is 0 Å². The third-order valence-electron chi connectivity index (χ3n) is 3.21. The molecule has 4 heteroatoms. The van der Waals surface area contributed by atoms with Crippen LogP contribution in [-0.4, -0.2) is 30.6 Å². The molecule has 0 radical (unpaired) electrons. The standard InChI is InChI=1S/C14H22ClFN2/c1-3-18(4-2)8-7-13(17)9-11-5-6-12(16)10-14(11)15/h5-6,10,13H,3-4,7-9,17H2,1-2H3. The van der Waals surface area contributed by atoms with Crippen LogP contribution < -0.4 is 5.73 Å². The van der Waals surface area contributed by atoms with E-state index in [-0.39, 0.29) is 11.9 Å². The summed E-state index contributed by atoms with van der Waals surface area (Å²) < 4.78 is 12.9. The van der Waals surface area contributed by atoms with E-state index in [9.17, 15) is 4.39 Å². The van der Waals surface area contributed by atoms with Crippen LogP contribution in [0, 0.1) is 5.82 Å². The summed E-state index contributed by atoms with van der Waals surface area (Å²) in [5, 5.41) is 0.466. The lowest BCUT2D eigenvalue weighted by molar-refractivity contribution is 0.290. The average molecular weight is 273 g/mol. The number of benzene rings is 1. The Morgan fingerprint density at radius 1 is 1.33 bits per heavy atom. The average Bonchev–Trinajstić information content (AvgIpc) is 2.34. The minimum atomic E-state index is -0.305. The molecular weight excluding hydrogens is 251 g/mol. The van der Waals surface area contributed by atoms with E-state index in [4.69, 9.17) is 17.3 Å². The van der Waals surface area contributed by atoms with E-state index in [2.05, 4.69) is 18.7 Å². The minimum absolute atomic E-state index is 0.0635. The minimum Gasteiger partial charge on any atom is -0.327 e. The molecule has 102 valence electrons. The number of halogens is 2. The van der Waals surface area contributed by atoms with Crippen LogP contribution in [0.5, 0.6) is 0 Å². The van der Waals surface area contributed by atoms with Crippen molar-refractivity contribution in [1.82, 2.24) is 4.90 Å². The van der Waals surface area contributed by atoms with E-state index >= 15 is 0 Å². The van der Waals surface area contributed by atoms with Gasteiger partial charge in [0.2, 0.25) is 0 Å². The van der Waals surface area contributed by atoms with Gasteiger partial charge in [-0.25, -0.2) is 4.39 Å². The Bertz CT molecular complexity index is 367. The van der Waals surface area contributed by atoms with Crippen LogP contribution in [0.25, 0.3) is 0 Å². The van der Waals surface area contributed by atoms with Gasteiger partial charge in [-0.15, -0.1) is 0 Å². The molecule has 1 atom stereocenters. The van der Waals surface area contributed by atoms with Crippen molar-refractivity contribution in [2.75, 3.05) is 19.6 Å². The first kappa shape index (κ1) is 15.4. The Kier molecular flexibility index (Phi) is 6.61. The summed E-state index contributed by atoms with van der Waals surface area (Å²) in [5.41, 5.74) is 7.01. The maximum Gasteiger partial charge on any atom is 0.124 e. The number of nitrogens with two attached hydrogens (primary N) is 1. The second-order valence-electron chi connectivity index (χ2n) is 4.52. The topological polar surface area (TPSA) is 29.3 Å². The molecule has 2 nitrogen and oxygen atoms in total. The van der Waals surface area contributed by atoms with Crippen molar-refractivity contribution in [3.63, 3.8) is 0 Å². The lowest BCUT2D eigenvalue weighted by Crippen LogP contribution is -2.31. The summed E-state index contributed by atoms with van der Waals surface area (Å²) >= 11 is 5.98. The molecule has 1 aromatic rings. The first-order valence-electron chi connectivity index (χ1n) is 6.48. The fourth-order valence-corrected chi connectivity index (χ4v) is 2.20. The van der Waals surface area contributed by atoms with Crippen molar-refractivity contribution < 1.29 is 4.39 Å². The zero-order valence-electron chi connectivity index (χ0n) is 11.1. The van der Waals surface area contributed by atoms with Crippen LogP contribution in [0.15, 0.2) is 18.2 Å². The maximum absolute atomic E-state index is 12.9. The highest BCUT2D eigenvalue weighted by Crippen LogP contribution is 2.19. The largest absolute Gasteiger partial charge is 0.327 e. The van der Waals surface area contributed by atoms with E-state index in [1.807, 2.05) is 0 Å². The van der Waals surface area contributed by atoms with Gasteiger partial charge in [0.15, 0.2) is 0 Å². The molecule has 0 fully saturated rings. The smallest absolute Gasteiger partial charge is 0.124 e. The molecule has 2 N–H and O–H groups in total. The van der Waals surface area contributed by atoms with E-state index in [0.29, 0.717) is 11.4 Å². The molecule has 1 unspecified atom stereocenters. The van der Waals surface area contributed by atoms with Crippen LogP contribution in [0.1, 0.15) is 25.8 Å². The molecule has 0 heterocycles. The van der Waals surface area contributed by atoms with Crippen molar-refractivity contribution in [1.29, 1.82) is 0 Å². The van der Waals surface area contributed by atoms with Gasteiger partial charge in [0.25, 0.3) is 0 Å². The summed E-state index contributed by atoms with van der Waals surface area (Å²) in [6.07, 6.45) is 1.62. The molecule has 18 heavy (non-hydrogen) atoms. The molecule has 0 aliphatic carbocycles. The molecule has 0 spiro atoms. The predicted octanol–water partition coefficient (Wildman–Crippen LogP) is 3.08. The third kappa shape index (κ3) is 4.92. The van der Waals surface area contributed by atoms with Gasteiger partial charge < -0.3 is 10.6 Å². The second kappa shape index (κ2) is 7.72. The molecular formula is C14H22ClFN2. The van der Waals surface area contributed by atoms with Crippen molar-refractivity contribution in [3.05, 3.63) is 34.6 Å². The molecule has 0 saturated heterocycles. The number of hydrogen-bond acceptors (Lipinski definition) is 2. The Morgan fingerprint density at radius 3 is 2.56 bits per heavy atom. The third-order valence-corrected chi connectivity index (χ3v) is 3.56. The van der Waals surface area contributed by atoms with Crippen molar-refractivity contribution in [2.45, 2.75) is 32.7 Å². The number of rotatable bonds is 7. The fourth-order valence-electron chi connectivity index (χ4n) is 1.96. The van der Waals surface area contributed by atoms with Crippen LogP contribution in [-0.2, 0) is 6.42 Å². The van der Waals surface area contributed by atoms with Gasteiger partial charge in [0.1, 0.15) is 5.82 Å². The molecule has 0 aromatic heterocycles. The Labute approximate surface area is 114 Å². The monoisotopic (exact) mass is 272 g/mol. The van der Waals surface area contributed by atoms with Gasteiger partial charge >= 0.3 is 0 Å². The van der Waals surface area contributed by atoms with Gasteiger partial charge in [-0.3, -0.25) is 0 Å². The van der Waals surface area contributed by atoms with Crippen LogP contribution in [0.4, 0.5) is 4.39 Å². The second-order valence-corrected chi connectivity index (χ2v) is 4.92. The maximum atomic E-state index is 12.9. The van der Waals surface area contributed by atoms with Crippen molar-refractivity contribution in [2.24, 2.45) is 5.73 Å². The SMILES string of the molecule is CCN(CC)CCC(N)Cc1ccc(F)cc1Cl. The van der Waals surface area contributed by atoms with E-state index in [1.54, 1.807) is 6.07 Å². The van der Waals surface area contributed by atoms with Gasteiger partial charge in [-0.05, 0) is 50.2 Å². The van der Waals surface area contributed by atoms with Gasteiger partial charge in [-0.1, -0.05) is 31.5 Å². The molecule has 0 bridgehead atoms. The zero-order chi connectivity index (χ0) is 13.5. The summed E-state index contributed by atoms with van der Waals surface area (Å²) in [4.78, 5) is 2.34. The highest BCUT2D eigenvalue weighted by molar-refractivity contribution is 6.31. The lowest BCUT2D eigenvalue weighted by atomic mass is 10.0. The highest BCUT2D eigenvalue weighted by Gasteiger charge is 2.09. The summed E-state index contributed by atoms with van der Waals surface area (Å²) in [7, 11) is 0. The molecule has 1 aromatic carbocycles. The normalized spacial score (nSPS) is 13.0. The van der Waals surface area contributed by atoms with Gasteiger partial charge in [-0.2, -0.15) is 0 Å². The van der Waals surface area contributed by atoms with Crippen LogP contribution in [0.3, 0.4) is 0 Å². The predicted molar refractivity (Wildman–Crippen MR) is 75.5 cm³/mol. The highest BCUT2D eigenvalue weighted by atomic mass is 35.5. The fraction of sp³-hybridized carbons (Fsp3) is 0.571. The number of hydrogen-bond donors (Lipinski definition) is 1. The van der Waals surface area contributed by atoms with Crippen LogP contribution in [0.2, 0.25) is 5.02 Å². The first-order chi connectivity index (χ1) is 8.56. The Hall–Kier alpha value is -0.640. The first-order valence-corrected chi connectivity index (χ1v) is 6.86. The summed E-state index contributed by atoms with van der Waals surface area (Å²) in [6, 6.07) is 4.55. The molecule has 0 amide bonds. The summed E-state index contributed by atoms with van der Waals surface area (Å²) in [5.74, 6) is -0.305. The van der Waals surface area contributed by atoms with Gasteiger partial charge in [0.05, 0.1) is 0 Å². The molecule has 1 rings (SSSR count). The van der Waals surface area contributed by atoms with E-state index < -0.39 is 0 Å². The zero-order valence-corrected chi connectivity index (χ0v) is 11.9. The number of nitrogens with zero attached hydrogens (tertiary/aromatic N) is 1. The Morgan fingerprint density at radius 2 is 2.00 bits per heavy atom. The Balaban J connectivity index is 2.46. The van der Waals surface area contributed by atoms with Gasteiger partial charge in [0, 0.05) is 11.1 Å². The van der Waals surface area contributed by atoms with Crippen LogP contribution >= 0.6 is 11.6 Å². The molecule has 0 aliphatic heterocycles. The summed E-state index contributed by atoms with van der Waals surface area (Å²) in [6.45, 7) is 7.37. The van der Waals surface area contributed by atoms with Crippen molar-refractivity contribution >= 4 is 11.6 Å². The molecule has 0 saturated carbocycles. The quantitative estimate of drug-likeness (QED) is 0.827. The lowest BCUT2D eigenvalue weighted by Gasteiger charge is -2.20. The molecule has 0 aliphatic rings.